The SMILES string of the molecule is CC(=O)OCC(C)OC(=O)CCCN(C)C. The first-order chi connectivity index (χ1) is 7.41. The molecular weight excluding hydrogens is 210 g/mol. The van der Waals surface area contributed by atoms with E-state index in [0.717, 1.165) is 13.0 Å². The Bertz CT molecular complexity index is 228. The highest BCUT2D eigenvalue weighted by Gasteiger charge is 2.10. The van der Waals surface area contributed by atoms with Gasteiger partial charge in [0.1, 0.15) is 12.7 Å². The molecule has 0 bridgehead atoms. The number of nitrogens with zero attached hydrogens (tertiary/aromatic N) is 1. The average Bonchev–Trinajstić information content (AvgIpc) is 2.14. The van der Waals surface area contributed by atoms with Crippen molar-refractivity contribution < 1.29 is 19.1 Å². The first-order valence-electron chi connectivity index (χ1n) is 5.39. The molecule has 0 rings (SSSR count). The van der Waals surface area contributed by atoms with Crippen LogP contribution in [0.3, 0.4) is 0 Å². The van der Waals surface area contributed by atoms with Crippen LogP contribution in [-0.2, 0) is 19.1 Å². The molecule has 0 saturated heterocycles. The minimum absolute atomic E-state index is 0.120. The monoisotopic (exact) mass is 231 g/mol. The Morgan fingerprint density at radius 2 is 1.94 bits per heavy atom. The molecule has 0 radical (unpaired) electrons. The first-order valence-corrected chi connectivity index (χ1v) is 5.39. The molecule has 0 aromatic heterocycles. The highest BCUT2D eigenvalue weighted by Crippen LogP contribution is 1.99. The third kappa shape index (κ3) is 9.45. The predicted molar refractivity (Wildman–Crippen MR) is 60.0 cm³/mol. The second-order valence-electron chi connectivity index (χ2n) is 4.01. The van der Waals surface area contributed by atoms with Crippen LogP contribution in [0.4, 0.5) is 0 Å². The van der Waals surface area contributed by atoms with E-state index >= 15 is 0 Å². The molecule has 0 spiro atoms. The summed E-state index contributed by atoms with van der Waals surface area (Å²) in [7, 11) is 3.91. The second kappa shape index (κ2) is 8.10. The summed E-state index contributed by atoms with van der Waals surface area (Å²) in [5, 5.41) is 0. The minimum atomic E-state index is -0.379. The molecule has 1 unspecified atom stereocenters. The Kier molecular flexibility index (Phi) is 7.54. The van der Waals surface area contributed by atoms with Crippen LogP contribution in [0.5, 0.6) is 0 Å². The molecule has 0 aliphatic rings. The van der Waals surface area contributed by atoms with Gasteiger partial charge in [0, 0.05) is 13.3 Å². The van der Waals surface area contributed by atoms with Crippen LogP contribution in [0.15, 0.2) is 0 Å². The number of carbonyl (C=O) groups is 2. The Morgan fingerprint density at radius 3 is 2.44 bits per heavy atom. The van der Waals surface area contributed by atoms with Gasteiger partial charge in [0.25, 0.3) is 0 Å². The summed E-state index contributed by atoms with van der Waals surface area (Å²) in [5.41, 5.74) is 0. The van der Waals surface area contributed by atoms with Gasteiger partial charge in [-0.1, -0.05) is 0 Å². The van der Waals surface area contributed by atoms with Crippen molar-refractivity contribution in [2.45, 2.75) is 32.8 Å². The maximum atomic E-state index is 11.3. The van der Waals surface area contributed by atoms with Crippen LogP contribution in [0.2, 0.25) is 0 Å². The molecule has 0 amide bonds. The van der Waals surface area contributed by atoms with Crippen LogP contribution in [0, 0.1) is 0 Å². The number of hydrogen-bond donors (Lipinski definition) is 0. The average molecular weight is 231 g/mol. The summed E-state index contributed by atoms with van der Waals surface area (Å²) < 4.78 is 9.77. The van der Waals surface area contributed by atoms with Crippen molar-refractivity contribution in [1.29, 1.82) is 0 Å². The highest BCUT2D eigenvalue weighted by molar-refractivity contribution is 5.69. The third-order valence-electron chi connectivity index (χ3n) is 1.84. The van der Waals surface area contributed by atoms with Gasteiger partial charge in [-0.15, -0.1) is 0 Å². The van der Waals surface area contributed by atoms with E-state index in [1.54, 1.807) is 6.92 Å². The zero-order valence-electron chi connectivity index (χ0n) is 10.5. The van der Waals surface area contributed by atoms with Crippen LogP contribution in [0.25, 0.3) is 0 Å². The molecule has 5 heteroatoms. The molecule has 0 aromatic carbocycles. The van der Waals surface area contributed by atoms with Crippen molar-refractivity contribution in [3.63, 3.8) is 0 Å². The molecule has 0 aliphatic carbocycles. The Balaban J connectivity index is 3.58. The van der Waals surface area contributed by atoms with Gasteiger partial charge in [-0.2, -0.15) is 0 Å². The fourth-order valence-electron chi connectivity index (χ4n) is 1.09. The summed E-state index contributed by atoms with van der Waals surface area (Å²) in [6.45, 7) is 4.00. The highest BCUT2D eigenvalue weighted by atomic mass is 16.6. The summed E-state index contributed by atoms with van der Waals surface area (Å²) in [4.78, 5) is 23.8. The van der Waals surface area contributed by atoms with Crippen molar-refractivity contribution in [3.05, 3.63) is 0 Å². The van der Waals surface area contributed by atoms with Crippen LogP contribution >= 0.6 is 0 Å². The molecule has 0 aromatic rings. The molecular formula is C11H21NO4. The standard InChI is InChI=1S/C11H21NO4/c1-9(8-15-10(2)13)16-11(14)6-5-7-12(3)4/h9H,5-8H2,1-4H3. The molecule has 16 heavy (non-hydrogen) atoms. The summed E-state index contributed by atoms with van der Waals surface area (Å²) in [5.74, 6) is -0.614. The lowest BCUT2D eigenvalue weighted by Crippen LogP contribution is -2.22. The van der Waals surface area contributed by atoms with Crippen LogP contribution in [-0.4, -0.2) is 50.2 Å². The van der Waals surface area contributed by atoms with Gasteiger partial charge >= 0.3 is 11.9 Å². The first kappa shape index (κ1) is 14.9. The molecule has 1 atom stereocenters. The lowest BCUT2D eigenvalue weighted by molar-refractivity contribution is -0.157. The van der Waals surface area contributed by atoms with Gasteiger partial charge in [-0.3, -0.25) is 9.59 Å². The van der Waals surface area contributed by atoms with E-state index < -0.39 is 0 Å². The van der Waals surface area contributed by atoms with Gasteiger partial charge in [0.2, 0.25) is 0 Å². The topological polar surface area (TPSA) is 55.8 Å². The molecule has 0 heterocycles. The fraction of sp³-hybridized carbons (Fsp3) is 0.818. The normalized spacial score (nSPS) is 12.3. The number of carbonyl (C=O) groups excluding carboxylic acids is 2. The third-order valence-corrected chi connectivity index (χ3v) is 1.84. The number of rotatable bonds is 7. The minimum Gasteiger partial charge on any atom is -0.462 e. The van der Waals surface area contributed by atoms with Gasteiger partial charge < -0.3 is 14.4 Å². The van der Waals surface area contributed by atoms with Crippen molar-refractivity contribution >= 4 is 11.9 Å². The summed E-state index contributed by atoms with van der Waals surface area (Å²) in [6, 6.07) is 0. The lowest BCUT2D eigenvalue weighted by Gasteiger charge is -2.13. The molecule has 0 fully saturated rings. The van der Waals surface area contributed by atoms with Crippen LogP contribution in [0.1, 0.15) is 26.7 Å². The molecule has 0 aliphatic heterocycles. The Hall–Kier alpha value is -1.10. The van der Waals surface area contributed by atoms with Gasteiger partial charge in [0.05, 0.1) is 0 Å². The number of ether oxygens (including phenoxy) is 2. The summed E-state index contributed by atoms with van der Waals surface area (Å²) >= 11 is 0. The zero-order valence-corrected chi connectivity index (χ0v) is 10.5. The second-order valence-corrected chi connectivity index (χ2v) is 4.01. The smallest absolute Gasteiger partial charge is 0.306 e. The quantitative estimate of drug-likeness (QED) is 0.607. The van der Waals surface area contributed by atoms with Crippen LogP contribution < -0.4 is 0 Å². The lowest BCUT2D eigenvalue weighted by atomic mass is 10.3. The van der Waals surface area contributed by atoms with E-state index in [-0.39, 0.29) is 24.6 Å². The number of hydrogen-bond acceptors (Lipinski definition) is 5. The molecule has 5 nitrogen and oxygen atoms in total. The van der Waals surface area contributed by atoms with E-state index in [0.29, 0.717) is 6.42 Å². The van der Waals surface area contributed by atoms with E-state index in [9.17, 15) is 9.59 Å². The van der Waals surface area contributed by atoms with Gasteiger partial charge in [-0.25, -0.2) is 0 Å². The van der Waals surface area contributed by atoms with Crippen molar-refractivity contribution in [3.8, 4) is 0 Å². The Morgan fingerprint density at radius 1 is 1.31 bits per heavy atom. The van der Waals surface area contributed by atoms with Crippen molar-refractivity contribution in [1.82, 2.24) is 4.90 Å². The van der Waals surface area contributed by atoms with Crippen molar-refractivity contribution in [2.75, 3.05) is 27.2 Å². The maximum Gasteiger partial charge on any atom is 0.306 e. The van der Waals surface area contributed by atoms with E-state index in [1.807, 2.05) is 19.0 Å². The van der Waals surface area contributed by atoms with E-state index in [4.69, 9.17) is 9.47 Å². The molecule has 94 valence electrons. The van der Waals surface area contributed by atoms with Gasteiger partial charge in [-0.05, 0) is 34.0 Å². The molecule has 0 saturated carbocycles. The summed E-state index contributed by atoms with van der Waals surface area (Å²) in [6.07, 6.45) is 0.782. The zero-order chi connectivity index (χ0) is 12.6. The number of esters is 2. The van der Waals surface area contributed by atoms with E-state index in [1.165, 1.54) is 6.92 Å². The van der Waals surface area contributed by atoms with Crippen molar-refractivity contribution in [2.24, 2.45) is 0 Å². The van der Waals surface area contributed by atoms with E-state index in [2.05, 4.69) is 0 Å². The van der Waals surface area contributed by atoms with Gasteiger partial charge in [0.15, 0.2) is 0 Å². The molecule has 0 N–H and O–H groups in total. The Labute approximate surface area is 96.7 Å². The fourth-order valence-corrected chi connectivity index (χ4v) is 1.09. The predicted octanol–water partition coefficient (Wildman–Crippen LogP) is 0.823. The maximum absolute atomic E-state index is 11.3. The largest absolute Gasteiger partial charge is 0.462 e.